The largest absolute Gasteiger partial charge is 0.386 e. The highest BCUT2D eigenvalue weighted by atomic mass is 16.6. The predicted octanol–water partition coefficient (Wildman–Crippen LogP) is 2.80. The lowest BCUT2D eigenvalue weighted by Gasteiger charge is -2.19. The maximum atomic E-state index is 5.48. The third kappa shape index (κ3) is 2.18. The number of oxime groups is 1. The number of nitrogens with zero attached hydrogens (tertiary/aromatic N) is 2. The van der Waals surface area contributed by atoms with E-state index in [-0.39, 0.29) is 6.10 Å². The third-order valence-corrected chi connectivity index (χ3v) is 2.95. The number of hydrogen-bond donors (Lipinski definition) is 0. The van der Waals surface area contributed by atoms with Crippen LogP contribution in [-0.2, 0) is 4.84 Å². The minimum absolute atomic E-state index is 0.0943. The summed E-state index contributed by atoms with van der Waals surface area (Å²) in [5.74, 6) is 1.07. The van der Waals surface area contributed by atoms with Crippen LogP contribution < -0.4 is 0 Å². The molecule has 0 radical (unpaired) electrons. The highest BCUT2D eigenvalue weighted by Crippen LogP contribution is 2.27. The molecule has 0 aliphatic carbocycles. The van der Waals surface area contributed by atoms with Crippen LogP contribution in [0.1, 0.15) is 31.9 Å². The number of amidine groups is 1. The van der Waals surface area contributed by atoms with E-state index in [9.17, 15) is 0 Å². The molecule has 0 amide bonds. The van der Waals surface area contributed by atoms with E-state index in [1.807, 2.05) is 18.2 Å². The molecule has 16 heavy (non-hydrogen) atoms. The predicted molar refractivity (Wildman–Crippen MR) is 65.2 cm³/mol. The Morgan fingerprint density at radius 2 is 1.94 bits per heavy atom. The van der Waals surface area contributed by atoms with Crippen molar-refractivity contribution in [2.24, 2.45) is 5.16 Å². The lowest BCUT2D eigenvalue weighted by atomic mass is 10.1. The van der Waals surface area contributed by atoms with Gasteiger partial charge < -0.3 is 9.74 Å². The molecule has 1 aliphatic rings. The fraction of sp³-hybridized carbons (Fsp3) is 0.462. The quantitative estimate of drug-likeness (QED) is 0.779. The van der Waals surface area contributed by atoms with Crippen LogP contribution in [0.3, 0.4) is 0 Å². The zero-order valence-electron chi connectivity index (χ0n) is 9.89. The maximum Gasteiger partial charge on any atom is 0.159 e. The van der Waals surface area contributed by atoms with Crippen molar-refractivity contribution in [3.8, 4) is 0 Å². The van der Waals surface area contributed by atoms with E-state index in [4.69, 9.17) is 4.84 Å². The van der Waals surface area contributed by atoms with Crippen molar-refractivity contribution in [2.75, 3.05) is 13.1 Å². The van der Waals surface area contributed by atoms with Gasteiger partial charge in [0.1, 0.15) is 5.84 Å². The highest BCUT2D eigenvalue weighted by molar-refractivity contribution is 5.83. The normalized spacial score (nSPS) is 19.1. The van der Waals surface area contributed by atoms with Crippen molar-refractivity contribution in [1.82, 2.24) is 4.90 Å². The van der Waals surface area contributed by atoms with E-state index in [1.54, 1.807) is 0 Å². The summed E-state index contributed by atoms with van der Waals surface area (Å²) in [6.45, 7) is 6.25. The van der Waals surface area contributed by atoms with Gasteiger partial charge in [-0.15, -0.1) is 0 Å². The van der Waals surface area contributed by atoms with Crippen LogP contribution in [0.25, 0.3) is 0 Å². The van der Waals surface area contributed by atoms with Crippen LogP contribution in [0.2, 0.25) is 0 Å². The standard InChI is InChI=1S/C13H18N2O/c1-3-15(4-2)13-10-12(16-14-13)11-8-6-5-7-9-11/h5-9,12H,3-4,10H2,1-2H3. The zero-order chi connectivity index (χ0) is 11.4. The molecule has 0 saturated carbocycles. The minimum atomic E-state index is 0.0943. The van der Waals surface area contributed by atoms with Gasteiger partial charge in [-0.2, -0.15) is 0 Å². The van der Waals surface area contributed by atoms with Crippen LogP contribution in [-0.4, -0.2) is 23.8 Å². The van der Waals surface area contributed by atoms with E-state index in [0.717, 1.165) is 25.3 Å². The minimum Gasteiger partial charge on any atom is -0.386 e. The summed E-state index contributed by atoms with van der Waals surface area (Å²) in [5, 5.41) is 4.18. The molecule has 0 aromatic heterocycles. The molecular weight excluding hydrogens is 200 g/mol. The van der Waals surface area contributed by atoms with Gasteiger partial charge in [0, 0.05) is 13.1 Å². The van der Waals surface area contributed by atoms with Gasteiger partial charge in [-0.25, -0.2) is 0 Å². The zero-order valence-corrected chi connectivity index (χ0v) is 9.89. The van der Waals surface area contributed by atoms with Gasteiger partial charge in [-0.05, 0) is 19.4 Å². The average molecular weight is 218 g/mol. The van der Waals surface area contributed by atoms with E-state index in [0.29, 0.717) is 0 Å². The smallest absolute Gasteiger partial charge is 0.159 e. The SMILES string of the molecule is CCN(CC)C1=NOC(c2ccccc2)C1. The van der Waals surface area contributed by atoms with Gasteiger partial charge in [-0.3, -0.25) is 0 Å². The van der Waals surface area contributed by atoms with Gasteiger partial charge in [0.2, 0.25) is 0 Å². The Labute approximate surface area is 96.7 Å². The van der Waals surface area contributed by atoms with E-state index in [2.05, 4.69) is 36.0 Å². The second-order valence-corrected chi connectivity index (χ2v) is 3.89. The second-order valence-electron chi connectivity index (χ2n) is 3.89. The fourth-order valence-electron chi connectivity index (χ4n) is 1.99. The third-order valence-electron chi connectivity index (χ3n) is 2.95. The van der Waals surface area contributed by atoms with Crippen molar-refractivity contribution in [3.05, 3.63) is 35.9 Å². The van der Waals surface area contributed by atoms with Crippen molar-refractivity contribution < 1.29 is 4.84 Å². The molecule has 0 saturated heterocycles. The van der Waals surface area contributed by atoms with Crippen LogP contribution in [0.4, 0.5) is 0 Å². The topological polar surface area (TPSA) is 24.8 Å². The van der Waals surface area contributed by atoms with Crippen LogP contribution in [0, 0.1) is 0 Å². The Hall–Kier alpha value is -1.51. The molecule has 0 spiro atoms. The first kappa shape index (κ1) is 11.0. The Balaban J connectivity index is 2.01. The summed E-state index contributed by atoms with van der Waals surface area (Å²) < 4.78 is 0. The average Bonchev–Trinajstić information content (AvgIpc) is 2.81. The second kappa shape index (κ2) is 5.01. The van der Waals surface area contributed by atoms with Crippen molar-refractivity contribution >= 4 is 5.84 Å². The molecule has 1 aromatic carbocycles. The Morgan fingerprint density at radius 3 is 2.56 bits per heavy atom. The van der Waals surface area contributed by atoms with Crippen molar-refractivity contribution in [2.45, 2.75) is 26.4 Å². The van der Waals surface area contributed by atoms with Gasteiger partial charge in [0.25, 0.3) is 0 Å². The summed E-state index contributed by atoms with van der Waals surface area (Å²) in [4.78, 5) is 7.72. The number of hydrogen-bond acceptors (Lipinski definition) is 3. The van der Waals surface area contributed by atoms with Gasteiger partial charge in [-0.1, -0.05) is 35.5 Å². The molecule has 1 aromatic rings. The molecule has 3 heteroatoms. The first-order valence-electron chi connectivity index (χ1n) is 5.87. The molecule has 1 heterocycles. The van der Waals surface area contributed by atoms with Gasteiger partial charge in [0.15, 0.2) is 6.10 Å². The molecular formula is C13H18N2O. The molecule has 0 N–H and O–H groups in total. The summed E-state index contributed by atoms with van der Waals surface area (Å²) in [6, 6.07) is 10.3. The monoisotopic (exact) mass is 218 g/mol. The van der Waals surface area contributed by atoms with E-state index >= 15 is 0 Å². The Morgan fingerprint density at radius 1 is 1.25 bits per heavy atom. The lowest BCUT2D eigenvalue weighted by molar-refractivity contribution is 0.0855. The Bertz CT molecular complexity index is 357. The summed E-state index contributed by atoms with van der Waals surface area (Å²) in [7, 11) is 0. The van der Waals surface area contributed by atoms with E-state index in [1.165, 1.54) is 5.56 Å². The molecule has 0 fully saturated rings. The maximum absolute atomic E-state index is 5.48. The van der Waals surface area contributed by atoms with Crippen LogP contribution in [0.15, 0.2) is 35.5 Å². The van der Waals surface area contributed by atoms with Crippen molar-refractivity contribution in [1.29, 1.82) is 0 Å². The van der Waals surface area contributed by atoms with Crippen LogP contribution in [0.5, 0.6) is 0 Å². The molecule has 3 nitrogen and oxygen atoms in total. The summed E-state index contributed by atoms with van der Waals surface area (Å²) in [6.07, 6.45) is 0.975. The number of benzene rings is 1. The molecule has 1 atom stereocenters. The van der Waals surface area contributed by atoms with Crippen molar-refractivity contribution in [3.63, 3.8) is 0 Å². The first-order chi connectivity index (χ1) is 7.85. The molecule has 1 unspecified atom stereocenters. The summed E-state index contributed by atoms with van der Waals surface area (Å²) >= 11 is 0. The Kier molecular flexibility index (Phi) is 3.44. The number of rotatable bonds is 3. The van der Waals surface area contributed by atoms with Gasteiger partial charge >= 0.3 is 0 Å². The molecule has 1 aliphatic heterocycles. The lowest BCUT2D eigenvalue weighted by Crippen LogP contribution is -2.29. The molecule has 0 bridgehead atoms. The van der Waals surface area contributed by atoms with E-state index < -0.39 is 0 Å². The molecule has 86 valence electrons. The highest BCUT2D eigenvalue weighted by Gasteiger charge is 2.25. The fourth-order valence-corrected chi connectivity index (χ4v) is 1.99. The van der Waals surface area contributed by atoms with Gasteiger partial charge in [0.05, 0.1) is 6.42 Å². The first-order valence-corrected chi connectivity index (χ1v) is 5.87. The summed E-state index contributed by atoms with van der Waals surface area (Å²) in [5.41, 5.74) is 1.20. The van der Waals surface area contributed by atoms with Crippen LogP contribution >= 0.6 is 0 Å². The molecule has 2 rings (SSSR count).